The van der Waals surface area contributed by atoms with Crippen LogP contribution in [0.5, 0.6) is 5.75 Å². The van der Waals surface area contributed by atoms with Gasteiger partial charge in [-0.3, -0.25) is 17.6 Å². The van der Waals surface area contributed by atoms with E-state index in [1.165, 1.54) is 120 Å². The second-order valence-electron chi connectivity index (χ2n) is 22.7. The molecule has 6 heterocycles. The van der Waals surface area contributed by atoms with E-state index in [0.717, 1.165) is 49.2 Å². The molecule has 0 bridgehead atoms. The average Bonchev–Trinajstić information content (AvgIpc) is 1.77. The second-order valence-corrected chi connectivity index (χ2v) is 23.6. The molecule has 1 N–H and O–H groups in total. The van der Waals surface area contributed by atoms with Gasteiger partial charge in [-0.05, 0) is 150 Å². The summed E-state index contributed by atoms with van der Waals surface area (Å²) in [6, 6.07) is 98.7. The molecule has 88 heavy (non-hydrogen) atoms. The van der Waals surface area contributed by atoms with Gasteiger partial charge in [0.15, 0.2) is 0 Å². The summed E-state index contributed by atoms with van der Waals surface area (Å²) < 4.78 is 15.5. The van der Waals surface area contributed by atoms with Crippen LogP contribution < -0.4 is 4.65 Å². The van der Waals surface area contributed by atoms with Crippen LogP contribution in [0.2, 0.25) is 0 Å². The van der Waals surface area contributed by atoms with E-state index in [2.05, 4.69) is 258 Å². The van der Waals surface area contributed by atoms with Crippen LogP contribution in [0.15, 0.2) is 284 Å². The average molecular weight is 1190 g/mol. The third-order valence-corrected chi connectivity index (χ3v) is 18.2. The van der Waals surface area contributed by atoms with Crippen molar-refractivity contribution in [2.75, 3.05) is 0 Å². The van der Waals surface area contributed by atoms with Gasteiger partial charge in [0.05, 0.1) is 55.2 Å². The molecule has 10 heteroatoms. The van der Waals surface area contributed by atoms with E-state index in [1.54, 1.807) is 0 Å². The quantitative estimate of drug-likeness (QED) is 0.174. The molecule has 0 spiro atoms. The molecule has 0 unspecified atom stereocenters. The van der Waals surface area contributed by atoms with Gasteiger partial charge in [0.2, 0.25) is 11.6 Å². The SMILES string of the molecule is Brc1cc2c3cc4ccccc4cc3n3c2c(c1)n1c2cc4ccccc4cc2nc13.O[B]Oc1ccccc1-c1ccccc1.c1ccc(-c2ccccc2-c2cc3c4cc5ccccc5cc4n4c3c(c2)n2c3cc5ccccc5cc3nc24)cc1. The van der Waals surface area contributed by atoms with Gasteiger partial charge >= 0.3 is 7.69 Å². The van der Waals surface area contributed by atoms with E-state index in [0.29, 0.717) is 13.4 Å². The van der Waals surface area contributed by atoms with Crippen LogP contribution in [0.3, 0.4) is 0 Å². The highest BCUT2D eigenvalue weighted by Gasteiger charge is 2.25. The van der Waals surface area contributed by atoms with Gasteiger partial charge in [-0.1, -0.05) is 216 Å². The van der Waals surface area contributed by atoms with Crippen molar-refractivity contribution < 1.29 is 9.68 Å². The Labute approximate surface area is 511 Å². The molecule has 8 nitrogen and oxygen atoms in total. The van der Waals surface area contributed by atoms with Crippen LogP contribution in [0.25, 0.3) is 165 Å². The zero-order valence-corrected chi connectivity index (χ0v) is 48.6. The van der Waals surface area contributed by atoms with Crippen LogP contribution in [-0.4, -0.2) is 40.3 Å². The Morgan fingerprint density at radius 3 is 1.17 bits per heavy atom. The lowest BCUT2D eigenvalue weighted by Crippen LogP contribution is -2.00. The summed E-state index contributed by atoms with van der Waals surface area (Å²) in [5.41, 5.74) is 18.4. The van der Waals surface area contributed by atoms with Crippen molar-refractivity contribution >= 4 is 155 Å². The number of hydrogen-bond acceptors (Lipinski definition) is 4. The molecular formula is C78H47BBrN6O2. The van der Waals surface area contributed by atoms with Gasteiger partial charge in [0.1, 0.15) is 5.75 Å². The van der Waals surface area contributed by atoms with E-state index in [4.69, 9.17) is 19.6 Å². The fourth-order valence-electron chi connectivity index (χ4n) is 13.9. The van der Waals surface area contributed by atoms with E-state index >= 15 is 0 Å². The number of nitrogens with zero attached hydrogens (tertiary/aromatic N) is 6. The van der Waals surface area contributed by atoms with Crippen molar-refractivity contribution in [2.45, 2.75) is 0 Å². The monoisotopic (exact) mass is 1190 g/mol. The number of aromatic nitrogens is 6. The highest BCUT2D eigenvalue weighted by atomic mass is 79.9. The molecule has 1 radical (unpaired) electrons. The Morgan fingerprint density at radius 2 is 0.682 bits per heavy atom. The van der Waals surface area contributed by atoms with Crippen molar-refractivity contribution in [3.8, 4) is 39.1 Å². The highest BCUT2D eigenvalue weighted by molar-refractivity contribution is 9.10. The first-order chi connectivity index (χ1) is 43.5. The molecule has 0 saturated carbocycles. The van der Waals surface area contributed by atoms with Crippen LogP contribution in [0, 0.1) is 0 Å². The predicted molar refractivity (Wildman–Crippen MR) is 369 cm³/mol. The molecule has 14 aromatic carbocycles. The minimum absolute atomic E-state index is 0.645. The van der Waals surface area contributed by atoms with Crippen LogP contribution in [0.1, 0.15) is 0 Å². The molecule has 0 aliphatic heterocycles. The van der Waals surface area contributed by atoms with E-state index in [9.17, 15) is 0 Å². The van der Waals surface area contributed by atoms with Crippen molar-refractivity contribution in [1.29, 1.82) is 0 Å². The zero-order valence-electron chi connectivity index (χ0n) is 47.1. The Balaban J connectivity index is 0.000000110. The fourth-order valence-corrected chi connectivity index (χ4v) is 14.3. The topological polar surface area (TPSA) is 72.9 Å². The first-order valence-corrected chi connectivity index (χ1v) is 30.2. The molecule has 0 aliphatic carbocycles. The van der Waals surface area contributed by atoms with Gasteiger partial charge < -0.3 is 9.68 Å². The number of hydrogen-bond donors (Lipinski definition) is 1. The molecule has 411 valence electrons. The second kappa shape index (κ2) is 19.8. The highest BCUT2D eigenvalue weighted by Crippen LogP contribution is 2.44. The molecule has 20 aromatic rings. The first-order valence-electron chi connectivity index (χ1n) is 29.4. The largest absolute Gasteiger partial charge is 0.569 e. The number of imidazole rings is 4. The molecule has 0 saturated heterocycles. The predicted octanol–water partition coefficient (Wildman–Crippen LogP) is 19.9. The third-order valence-electron chi connectivity index (χ3n) is 17.7. The van der Waals surface area contributed by atoms with Gasteiger partial charge in [-0.2, -0.15) is 0 Å². The fraction of sp³-hybridized carbons (Fsp3) is 0. The lowest BCUT2D eigenvalue weighted by molar-refractivity contribution is 0.455. The van der Waals surface area contributed by atoms with E-state index < -0.39 is 0 Å². The van der Waals surface area contributed by atoms with Gasteiger partial charge in [0.25, 0.3) is 0 Å². The third kappa shape index (κ3) is 7.76. The summed E-state index contributed by atoms with van der Waals surface area (Å²) in [5, 5.41) is 23.6. The summed E-state index contributed by atoms with van der Waals surface area (Å²) in [5.74, 6) is 2.57. The molecule has 0 aliphatic rings. The molecule has 0 amide bonds. The lowest BCUT2D eigenvalue weighted by atomic mass is 9.93. The Hall–Kier alpha value is -11.0. The van der Waals surface area contributed by atoms with Crippen molar-refractivity contribution in [2.24, 2.45) is 0 Å². The smallest absolute Gasteiger partial charge is 0.537 e. The molecule has 20 rings (SSSR count). The van der Waals surface area contributed by atoms with Gasteiger partial charge in [0, 0.05) is 31.6 Å². The summed E-state index contributed by atoms with van der Waals surface area (Å²) in [6.07, 6.45) is 0. The lowest BCUT2D eigenvalue weighted by Gasteiger charge is -2.11. The van der Waals surface area contributed by atoms with Crippen molar-refractivity contribution in [1.82, 2.24) is 27.6 Å². The van der Waals surface area contributed by atoms with Gasteiger partial charge in [-0.15, -0.1) is 0 Å². The van der Waals surface area contributed by atoms with Gasteiger partial charge in [-0.25, -0.2) is 9.97 Å². The summed E-state index contributed by atoms with van der Waals surface area (Å²) >= 11 is 3.77. The Morgan fingerprint density at radius 1 is 0.307 bits per heavy atom. The maximum Gasteiger partial charge on any atom is 0.569 e. The normalized spacial score (nSPS) is 12.0. The molecule has 0 atom stereocenters. The van der Waals surface area contributed by atoms with E-state index in [-0.39, 0.29) is 0 Å². The summed E-state index contributed by atoms with van der Waals surface area (Å²) in [6.45, 7) is 0. The number of rotatable bonds is 5. The number of para-hydroxylation sites is 1. The van der Waals surface area contributed by atoms with Crippen molar-refractivity contribution in [3.05, 3.63) is 284 Å². The van der Waals surface area contributed by atoms with E-state index in [1.807, 2.05) is 54.6 Å². The number of benzene rings is 14. The molecular weight excluding hydrogens is 1140 g/mol. The first kappa shape index (κ1) is 50.3. The minimum atomic E-state index is 0.645. The Kier molecular flexibility index (Phi) is 11.3. The standard InChI is InChI=1S/C39H23N3.C27H14BrN3.C12H10BO2/c1-2-10-24(11-3-1)30-16-8-9-17-31(30)29-19-33-32-18-25-12-4-6-14-27(25)21-35(32)42-38(33)37(23-29)41-36-22-28-15-7-5-13-26(28)20-34(36)40-39(41)42;28-19-13-21-20-9-15-5-1-3-7-17(15)11-23(20)31-26(21)25(14-19)30-24-12-18-8-4-2-6-16(18)10-22(24)29-27(30)31;14-13-15-12-9-5-4-8-11(12)10-6-2-1-3-7-10/h1-23H;1-14H;1-9,14H. The minimum Gasteiger partial charge on any atom is -0.537 e. The summed E-state index contributed by atoms with van der Waals surface area (Å²) in [7, 11) is 0.696. The number of halogens is 1. The van der Waals surface area contributed by atoms with Crippen LogP contribution in [-0.2, 0) is 0 Å². The number of fused-ring (bicyclic) bond motifs is 20. The zero-order chi connectivity index (χ0) is 58.1. The Bertz CT molecular complexity index is 6170. The van der Waals surface area contributed by atoms with Crippen LogP contribution in [0.4, 0.5) is 0 Å². The maximum atomic E-state index is 8.64. The maximum absolute atomic E-state index is 8.64. The summed E-state index contributed by atoms with van der Waals surface area (Å²) in [4.78, 5) is 10.4. The van der Waals surface area contributed by atoms with Crippen LogP contribution >= 0.6 is 15.9 Å². The molecule has 6 aromatic heterocycles. The van der Waals surface area contributed by atoms with Crippen molar-refractivity contribution in [3.63, 3.8) is 0 Å². The molecule has 0 fully saturated rings.